The van der Waals surface area contributed by atoms with Gasteiger partial charge in [-0.05, 0) is 24.8 Å². The number of nitrogens with zero attached hydrogens (tertiary/aromatic N) is 2. The van der Waals surface area contributed by atoms with E-state index in [9.17, 15) is 28.5 Å². The minimum Gasteiger partial charge on any atom is -0.460 e. The first-order valence-electron chi connectivity index (χ1n) is 9.85. The van der Waals surface area contributed by atoms with Crippen molar-refractivity contribution in [3.8, 4) is 0 Å². The van der Waals surface area contributed by atoms with Crippen LogP contribution in [0.15, 0.2) is 40.9 Å². The topological polar surface area (TPSA) is 111 Å². The highest BCUT2D eigenvalue weighted by Crippen LogP contribution is 2.35. The van der Waals surface area contributed by atoms with Crippen LogP contribution in [0.2, 0.25) is 0 Å². The number of urea groups is 1. The predicted octanol–water partition coefficient (Wildman–Crippen LogP) is 3.71. The number of nitro benzene ring substituents is 1. The molecule has 3 rings (SSSR count). The number of rotatable bonds is 9. The smallest absolute Gasteiger partial charge is 0.338 e. The maximum absolute atomic E-state index is 14.7. The van der Waals surface area contributed by atoms with Crippen molar-refractivity contribution < 1.29 is 32.8 Å². The molecule has 0 saturated carbocycles. The molecule has 33 heavy (non-hydrogen) atoms. The first-order chi connectivity index (χ1) is 15.7. The van der Waals surface area contributed by atoms with Gasteiger partial charge in [-0.25, -0.2) is 14.0 Å². The van der Waals surface area contributed by atoms with Crippen molar-refractivity contribution >= 4 is 29.0 Å². The lowest BCUT2D eigenvalue weighted by atomic mass is 9.93. The van der Waals surface area contributed by atoms with E-state index < -0.39 is 45.9 Å². The van der Waals surface area contributed by atoms with Crippen LogP contribution in [0.3, 0.4) is 0 Å². The van der Waals surface area contributed by atoms with Gasteiger partial charge in [-0.2, -0.15) is 4.39 Å². The number of allylic oxidation sites excluding steroid dienone is 1. The van der Waals surface area contributed by atoms with E-state index >= 15 is 0 Å². The number of ether oxygens (including phenoxy) is 2. The van der Waals surface area contributed by atoms with Gasteiger partial charge >= 0.3 is 17.7 Å². The van der Waals surface area contributed by atoms with Crippen molar-refractivity contribution in [1.82, 2.24) is 10.2 Å². The standard InChI is InChI=1S/C21H21F2N3O6S/c1-12-18(20(27)32-8-7-31-2)19(14-10-17(26(29)30)16(23)11-15(14)22)24-21(28)25(12)6-5-13-4-3-9-33-13/h3-4,9-11,19H,5-8H2,1-2H3,(H,24,28). The van der Waals surface area contributed by atoms with Gasteiger partial charge in [0.2, 0.25) is 5.82 Å². The summed E-state index contributed by atoms with van der Waals surface area (Å²) in [6.07, 6.45) is 0.509. The van der Waals surface area contributed by atoms with Crippen LogP contribution < -0.4 is 5.32 Å². The molecule has 12 heteroatoms. The molecule has 0 bridgehead atoms. The van der Waals surface area contributed by atoms with Gasteiger partial charge in [-0.3, -0.25) is 15.0 Å². The number of methoxy groups -OCH3 is 1. The fraction of sp³-hybridized carbons (Fsp3) is 0.333. The number of nitro groups is 1. The summed E-state index contributed by atoms with van der Waals surface area (Å²) in [5.74, 6) is -3.38. The lowest BCUT2D eigenvalue weighted by Gasteiger charge is -2.35. The van der Waals surface area contributed by atoms with Gasteiger partial charge < -0.3 is 14.8 Å². The summed E-state index contributed by atoms with van der Waals surface area (Å²) in [4.78, 5) is 38.3. The van der Waals surface area contributed by atoms with Crippen molar-refractivity contribution in [2.24, 2.45) is 0 Å². The predicted molar refractivity (Wildman–Crippen MR) is 115 cm³/mol. The number of carbonyl (C=O) groups is 2. The van der Waals surface area contributed by atoms with E-state index in [1.54, 1.807) is 0 Å². The average Bonchev–Trinajstić information content (AvgIpc) is 3.26. The molecule has 2 amide bonds. The summed E-state index contributed by atoms with van der Waals surface area (Å²) < 4.78 is 38.6. The lowest BCUT2D eigenvalue weighted by molar-refractivity contribution is -0.387. The van der Waals surface area contributed by atoms with Crippen LogP contribution >= 0.6 is 11.3 Å². The van der Waals surface area contributed by atoms with Gasteiger partial charge in [0.1, 0.15) is 12.4 Å². The molecule has 1 aliphatic rings. The number of hydrogen-bond acceptors (Lipinski definition) is 7. The number of carbonyl (C=O) groups excluding carboxylic acids is 2. The monoisotopic (exact) mass is 481 g/mol. The molecule has 0 spiro atoms. The third kappa shape index (κ3) is 5.34. The second-order valence-corrected chi connectivity index (χ2v) is 8.11. The third-order valence-corrected chi connectivity index (χ3v) is 6.01. The maximum Gasteiger partial charge on any atom is 0.338 e. The Morgan fingerprint density at radius 3 is 2.70 bits per heavy atom. The molecule has 9 nitrogen and oxygen atoms in total. The number of thiophene rings is 1. The minimum atomic E-state index is -1.41. The highest BCUT2D eigenvalue weighted by molar-refractivity contribution is 7.09. The summed E-state index contributed by atoms with van der Waals surface area (Å²) >= 11 is 1.51. The molecule has 1 atom stereocenters. The van der Waals surface area contributed by atoms with Gasteiger partial charge in [-0.15, -0.1) is 11.3 Å². The molecule has 176 valence electrons. The Balaban J connectivity index is 2.03. The van der Waals surface area contributed by atoms with Crippen LogP contribution in [-0.2, 0) is 20.7 Å². The molecular weight excluding hydrogens is 460 g/mol. The van der Waals surface area contributed by atoms with E-state index in [-0.39, 0.29) is 31.0 Å². The van der Waals surface area contributed by atoms with Gasteiger partial charge in [0, 0.05) is 41.9 Å². The molecule has 2 heterocycles. The van der Waals surface area contributed by atoms with Gasteiger partial charge in [0.05, 0.1) is 23.1 Å². The number of benzene rings is 1. The van der Waals surface area contributed by atoms with E-state index in [1.165, 1.54) is 30.3 Å². The molecule has 1 unspecified atom stereocenters. The van der Waals surface area contributed by atoms with E-state index in [4.69, 9.17) is 9.47 Å². The van der Waals surface area contributed by atoms with Gasteiger partial charge in [0.15, 0.2) is 0 Å². The molecule has 1 N–H and O–H groups in total. The number of esters is 1. The zero-order valence-corrected chi connectivity index (χ0v) is 18.6. The largest absolute Gasteiger partial charge is 0.460 e. The van der Waals surface area contributed by atoms with Crippen LogP contribution in [0, 0.1) is 21.7 Å². The fourth-order valence-electron chi connectivity index (χ4n) is 3.44. The van der Waals surface area contributed by atoms with Crippen LogP contribution in [0.5, 0.6) is 0 Å². The molecule has 0 fully saturated rings. The summed E-state index contributed by atoms with van der Waals surface area (Å²) in [5.41, 5.74) is -1.32. The van der Waals surface area contributed by atoms with Gasteiger partial charge in [0.25, 0.3) is 0 Å². The van der Waals surface area contributed by atoms with Gasteiger partial charge in [-0.1, -0.05) is 6.07 Å². The summed E-state index contributed by atoms with van der Waals surface area (Å²) in [6, 6.07) is 2.76. The quantitative estimate of drug-likeness (QED) is 0.253. The van der Waals surface area contributed by atoms with Crippen LogP contribution in [0.25, 0.3) is 0 Å². The second kappa shape index (κ2) is 10.5. The van der Waals surface area contributed by atoms with Crippen molar-refractivity contribution in [2.75, 3.05) is 26.9 Å². The van der Waals surface area contributed by atoms with E-state index in [0.717, 1.165) is 4.88 Å². The summed E-state index contributed by atoms with van der Waals surface area (Å²) in [7, 11) is 1.42. The fourth-order valence-corrected chi connectivity index (χ4v) is 4.13. The molecule has 2 aromatic rings. The highest BCUT2D eigenvalue weighted by Gasteiger charge is 2.38. The van der Waals surface area contributed by atoms with Crippen molar-refractivity contribution in [3.63, 3.8) is 0 Å². The first kappa shape index (κ1) is 24.3. The Labute approximate surface area is 191 Å². The van der Waals surface area contributed by atoms with Crippen molar-refractivity contribution in [2.45, 2.75) is 19.4 Å². The molecule has 0 saturated heterocycles. The van der Waals surface area contributed by atoms with E-state index in [0.29, 0.717) is 18.6 Å². The minimum absolute atomic E-state index is 0.103. The first-order valence-corrected chi connectivity index (χ1v) is 10.7. The number of hydrogen-bond donors (Lipinski definition) is 1. The van der Waals surface area contributed by atoms with Crippen molar-refractivity contribution in [1.29, 1.82) is 0 Å². The molecule has 1 aromatic carbocycles. The van der Waals surface area contributed by atoms with E-state index in [2.05, 4.69) is 5.32 Å². The zero-order valence-electron chi connectivity index (χ0n) is 17.8. The van der Waals surface area contributed by atoms with E-state index in [1.807, 2.05) is 17.5 Å². The molecule has 0 aliphatic carbocycles. The Kier molecular flexibility index (Phi) is 7.71. The lowest BCUT2D eigenvalue weighted by Crippen LogP contribution is -2.48. The zero-order chi connectivity index (χ0) is 24.1. The normalized spacial score (nSPS) is 16.1. The maximum atomic E-state index is 14.7. The number of nitrogens with one attached hydrogen (secondary N) is 1. The number of halogens is 2. The summed E-state index contributed by atoms with van der Waals surface area (Å²) in [5, 5.41) is 15.6. The Morgan fingerprint density at radius 2 is 2.06 bits per heavy atom. The molecule has 0 radical (unpaired) electrons. The Morgan fingerprint density at radius 1 is 1.30 bits per heavy atom. The van der Waals surface area contributed by atoms with Crippen LogP contribution in [-0.4, -0.2) is 48.7 Å². The van der Waals surface area contributed by atoms with Crippen LogP contribution in [0.1, 0.15) is 23.4 Å². The second-order valence-electron chi connectivity index (χ2n) is 7.07. The molecule has 1 aromatic heterocycles. The summed E-state index contributed by atoms with van der Waals surface area (Å²) in [6.45, 7) is 1.73. The third-order valence-electron chi connectivity index (χ3n) is 5.07. The van der Waals surface area contributed by atoms with Crippen molar-refractivity contribution in [3.05, 3.63) is 73.1 Å². The number of amides is 2. The Bertz CT molecular complexity index is 1090. The molecule has 1 aliphatic heterocycles. The highest BCUT2D eigenvalue weighted by atomic mass is 32.1. The SMILES string of the molecule is COCCOC(=O)C1=C(C)N(CCc2cccs2)C(=O)NC1c1cc([N+](=O)[O-])c(F)cc1F. The average molecular weight is 481 g/mol. The van der Waals surface area contributed by atoms with Crippen LogP contribution in [0.4, 0.5) is 19.3 Å². The Hall–Kier alpha value is -3.38. The molecular formula is C21H21F2N3O6S.